The Morgan fingerprint density at radius 2 is 2.06 bits per heavy atom. The second kappa shape index (κ2) is 5.61. The highest BCUT2D eigenvalue weighted by atomic mass is 19.1. The molecule has 0 spiro atoms. The third-order valence-corrected chi connectivity index (χ3v) is 3.18. The van der Waals surface area contributed by atoms with Crippen LogP contribution >= 0.6 is 0 Å². The summed E-state index contributed by atoms with van der Waals surface area (Å²) in [6.07, 6.45) is 0.838. The Kier molecular flexibility index (Phi) is 4.66. The lowest BCUT2D eigenvalue weighted by Crippen LogP contribution is -2.30. The Bertz CT molecular complexity index is 376. The molecule has 0 fully saturated rings. The summed E-state index contributed by atoms with van der Waals surface area (Å²) < 4.78 is 18.7. The molecule has 2 nitrogen and oxygen atoms in total. The Labute approximate surface area is 103 Å². The third kappa shape index (κ3) is 3.79. The highest BCUT2D eigenvalue weighted by Crippen LogP contribution is 2.26. The molecule has 1 atom stereocenters. The molecule has 1 unspecified atom stereocenters. The lowest BCUT2D eigenvalue weighted by Gasteiger charge is -2.28. The Balaban J connectivity index is 2.90. The molecule has 0 aromatic heterocycles. The Morgan fingerprint density at radius 1 is 1.41 bits per heavy atom. The standard InChI is InChI=1S/C14H22FNO/c1-10-8-11(6-7-12(10)15)13(16-4)9-14(2,3)17-5/h6-8,13,16H,9H2,1-5H3. The van der Waals surface area contributed by atoms with Crippen LogP contribution in [0.5, 0.6) is 0 Å². The molecule has 0 amide bonds. The minimum atomic E-state index is -0.198. The summed E-state index contributed by atoms with van der Waals surface area (Å²) in [6.45, 7) is 5.88. The van der Waals surface area contributed by atoms with Gasteiger partial charge in [-0.25, -0.2) is 4.39 Å². The van der Waals surface area contributed by atoms with Gasteiger partial charge in [0.1, 0.15) is 5.82 Å². The molecule has 0 saturated carbocycles. The van der Waals surface area contributed by atoms with Crippen molar-refractivity contribution in [2.24, 2.45) is 0 Å². The molecule has 1 rings (SSSR count). The van der Waals surface area contributed by atoms with Crippen LogP contribution in [0.2, 0.25) is 0 Å². The molecule has 0 radical (unpaired) electrons. The summed E-state index contributed by atoms with van der Waals surface area (Å²) in [6, 6.07) is 5.41. The minimum Gasteiger partial charge on any atom is -0.379 e. The van der Waals surface area contributed by atoms with Crippen molar-refractivity contribution in [3.63, 3.8) is 0 Å². The van der Waals surface area contributed by atoms with Gasteiger partial charge >= 0.3 is 0 Å². The SMILES string of the molecule is CNC(CC(C)(C)OC)c1ccc(F)c(C)c1. The molecule has 0 aliphatic rings. The fourth-order valence-electron chi connectivity index (χ4n) is 1.85. The van der Waals surface area contributed by atoms with Gasteiger partial charge in [0.25, 0.3) is 0 Å². The van der Waals surface area contributed by atoms with Crippen LogP contribution in [0.25, 0.3) is 0 Å². The van der Waals surface area contributed by atoms with E-state index in [0.717, 1.165) is 12.0 Å². The van der Waals surface area contributed by atoms with E-state index in [0.29, 0.717) is 5.56 Å². The van der Waals surface area contributed by atoms with Crippen LogP contribution in [-0.2, 0) is 4.74 Å². The number of nitrogens with one attached hydrogen (secondary N) is 1. The second-order valence-corrected chi connectivity index (χ2v) is 5.02. The van der Waals surface area contributed by atoms with Crippen molar-refractivity contribution in [1.29, 1.82) is 0 Å². The number of benzene rings is 1. The van der Waals surface area contributed by atoms with E-state index in [1.54, 1.807) is 14.0 Å². The van der Waals surface area contributed by atoms with Gasteiger partial charge in [0, 0.05) is 13.2 Å². The molecule has 1 aromatic carbocycles. The van der Waals surface area contributed by atoms with E-state index in [9.17, 15) is 4.39 Å². The fraction of sp³-hybridized carbons (Fsp3) is 0.571. The van der Waals surface area contributed by atoms with Gasteiger partial charge in [0.15, 0.2) is 0 Å². The van der Waals surface area contributed by atoms with Crippen LogP contribution in [0.3, 0.4) is 0 Å². The van der Waals surface area contributed by atoms with Crippen molar-refractivity contribution in [2.45, 2.75) is 38.8 Å². The lowest BCUT2D eigenvalue weighted by molar-refractivity contribution is 0.00743. The summed E-state index contributed by atoms with van der Waals surface area (Å²) in [5.74, 6) is -0.158. The number of rotatable bonds is 5. The van der Waals surface area contributed by atoms with Crippen LogP contribution in [0, 0.1) is 12.7 Å². The van der Waals surface area contributed by atoms with Crippen LogP contribution < -0.4 is 5.32 Å². The zero-order valence-corrected chi connectivity index (χ0v) is 11.3. The molecule has 3 heteroatoms. The maximum atomic E-state index is 13.2. The highest BCUT2D eigenvalue weighted by molar-refractivity contribution is 5.26. The molecule has 0 aliphatic heterocycles. The monoisotopic (exact) mass is 239 g/mol. The zero-order valence-electron chi connectivity index (χ0n) is 11.3. The molecule has 0 bridgehead atoms. The fourth-order valence-corrected chi connectivity index (χ4v) is 1.85. The molecule has 17 heavy (non-hydrogen) atoms. The van der Waals surface area contributed by atoms with Crippen molar-refractivity contribution in [1.82, 2.24) is 5.32 Å². The predicted octanol–water partition coefficient (Wildman–Crippen LogP) is 3.21. The number of aryl methyl sites for hydroxylation is 1. The molecule has 1 aromatic rings. The number of methoxy groups -OCH3 is 1. The molecule has 96 valence electrons. The molecule has 1 N–H and O–H groups in total. The number of ether oxygens (including phenoxy) is 1. The van der Waals surface area contributed by atoms with Crippen molar-refractivity contribution < 1.29 is 9.13 Å². The van der Waals surface area contributed by atoms with E-state index < -0.39 is 0 Å². The smallest absolute Gasteiger partial charge is 0.126 e. The average Bonchev–Trinajstić information content (AvgIpc) is 2.30. The predicted molar refractivity (Wildman–Crippen MR) is 68.6 cm³/mol. The van der Waals surface area contributed by atoms with E-state index in [1.165, 1.54) is 6.07 Å². The summed E-state index contributed by atoms with van der Waals surface area (Å²) in [5, 5.41) is 3.25. The van der Waals surface area contributed by atoms with Crippen LogP contribution in [-0.4, -0.2) is 19.8 Å². The topological polar surface area (TPSA) is 21.3 Å². The quantitative estimate of drug-likeness (QED) is 0.852. The number of halogens is 1. The third-order valence-electron chi connectivity index (χ3n) is 3.18. The molecular weight excluding hydrogens is 217 g/mol. The first-order chi connectivity index (χ1) is 7.89. The van der Waals surface area contributed by atoms with Gasteiger partial charge in [-0.1, -0.05) is 12.1 Å². The summed E-state index contributed by atoms with van der Waals surface area (Å²) in [7, 11) is 3.62. The number of hydrogen-bond acceptors (Lipinski definition) is 2. The zero-order chi connectivity index (χ0) is 13.1. The summed E-state index contributed by atoms with van der Waals surface area (Å²) >= 11 is 0. The largest absolute Gasteiger partial charge is 0.379 e. The Morgan fingerprint density at radius 3 is 2.53 bits per heavy atom. The first kappa shape index (κ1) is 14.1. The summed E-state index contributed by atoms with van der Waals surface area (Å²) in [5.41, 5.74) is 1.57. The van der Waals surface area contributed by atoms with Gasteiger partial charge in [-0.2, -0.15) is 0 Å². The number of hydrogen-bond donors (Lipinski definition) is 1. The normalized spacial score (nSPS) is 13.8. The Hall–Kier alpha value is -0.930. The van der Waals surface area contributed by atoms with E-state index >= 15 is 0 Å². The van der Waals surface area contributed by atoms with Gasteiger partial charge in [0.2, 0.25) is 0 Å². The molecular formula is C14H22FNO. The molecule has 0 saturated heterocycles. The van der Waals surface area contributed by atoms with Crippen molar-refractivity contribution >= 4 is 0 Å². The van der Waals surface area contributed by atoms with Crippen molar-refractivity contribution in [3.8, 4) is 0 Å². The van der Waals surface area contributed by atoms with Crippen LogP contribution in [0.4, 0.5) is 4.39 Å². The van der Waals surface area contributed by atoms with Crippen LogP contribution in [0.1, 0.15) is 37.4 Å². The first-order valence-corrected chi connectivity index (χ1v) is 5.88. The van der Waals surface area contributed by atoms with E-state index in [4.69, 9.17) is 4.74 Å². The van der Waals surface area contributed by atoms with Gasteiger partial charge in [-0.15, -0.1) is 0 Å². The van der Waals surface area contributed by atoms with E-state index in [2.05, 4.69) is 5.32 Å². The maximum absolute atomic E-state index is 13.2. The summed E-state index contributed by atoms with van der Waals surface area (Å²) in [4.78, 5) is 0. The van der Waals surface area contributed by atoms with Gasteiger partial charge in [0.05, 0.1) is 5.60 Å². The maximum Gasteiger partial charge on any atom is 0.126 e. The van der Waals surface area contributed by atoms with Gasteiger partial charge < -0.3 is 10.1 Å². The van der Waals surface area contributed by atoms with Gasteiger partial charge in [-0.3, -0.25) is 0 Å². The van der Waals surface area contributed by atoms with E-state index in [1.807, 2.05) is 33.0 Å². The second-order valence-electron chi connectivity index (χ2n) is 5.02. The molecule has 0 heterocycles. The first-order valence-electron chi connectivity index (χ1n) is 5.88. The highest BCUT2D eigenvalue weighted by Gasteiger charge is 2.23. The van der Waals surface area contributed by atoms with Crippen LogP contribution in [0.15, 0.2) is 18.2 Å². The molecule has 0 aliphatic carbocycles. The van der Waals surface area contributed by atoms with Crippen molar-refractivity contribution in [2.75, 3.05) is 14.2 Å². The minimum absolute atomic E-state index is 0.158. The van der Waals surface area contributed by atoms with Gasteiger partial charge in [-0.05, 0) is 51.4 Å². The lowest BCUT2D eigenvalue weighted by atomic mass is 9.93. The van der Waals surface area contributed by atoms with E-state index in [-0.39, 0.29) is 17.5 Å². The average molecular weight is 239 g/mol. The van der Waals surface area contributed by atoms with Crippen molar-refractivity contribution in [3.05, 3.63) is 35.1 Å².